The summed E-state index contributed by atoms with van der Waals surface area (Å²) in [5, 5.41) is 6.30. The van der Waals surface area contributed by atoms with Crippen LogP contribution < -0.4 is 18.9 Å². The Morgan fingerprint density at radius 2 is 1.39 bits per heavy atom. The van der Waals surface area contributed by atoms with Crippen LogP contribution in [0.15, 0.2) is 71.8 Å². The maximum absolute atomic E-state index is 13.4. The summed E-state index contributed by atoms with van der Waals surface area (Å²) in [6.45, 7) is 0. The fourth-order valence-corrected chi connectivity index (χ4v) is 3.92. The van der Waals surface area contributed by atoms with E-state index in [1.54, 1.807) is 45.6 Å². The van der Waals surface area contributed by atoms with E-state index in [4.69, 9.17) is 24.0 Å². The van der Waals surface area contributed by atoms with Crippen LogP contribution in [-0.2, 0) is 0 Å². The van der Waals surface area contributed by atoms with Crippen LogP contribution in [0.2, 0.25) is 0 Å². The molecule has 7 nitrogen and oxygen atoms in total. The highest BCUT2D eigenvalue weighted by molar-refractivity contribution is 6.05. The summed E-state index contributed by atoms with van der Waals surface area (Å²) >= 11 is 0. The lowest BCUT2D eigenvalue weighted by atomic mass is 9.97. The zero-order chi connectivity index (χ0) is 23.4. The van der Waals surface area contributed by atoms with Crippen molar-refractivity contribution < 1.29 is 23.7 Å². The van der Waals surface area contributed by atoms with Crippen molar-refractivity contribution in [1.82, 2.24) is 5.01 Å². The Kier molecular flexibility index (Phi) is 6.49. The summed E-state index contributed by atoms with van der Waals surface area (Å²) in [4.78, 5) is 13.4. The van der Waals surface area contributed by atoms with Crippen molar-refractivity contribution in [3.63, 3.8) is 0 Å². The quantitative estimate of drug-likeness (QED) is 0.526. The molecule has 7 heteroatoms. The van der Waals surface area contributed by atoms with E-state index in [1.807, 2.05) is 54.6 Å². The molecule has 0 bridgehead atoms. The highest BCUT2D eigenvalue weighted by Crippen LogP contribution is 2.39. The predicted octanol–water partition coefficient (Wildman–Crippen LogP) is 4.71. The van der Waals surface area contributed by atoms with E-state index in [-0.39, 0.29) is 11.9 Å². The smallest absolute Gasteiger partial charge is 0.274 e. The normalized spacial score (nSPS) is 15.1. The summed E-state index contributed by atoms with van der Waals surface area (Å²) in [6.07, 6.45) is 0.531. The van der Waals surface area contributed by atoms with Gasteiger partial charge in [0.15, 0.2) is 23.0 Å². The second kappa shape index (κ2) is 9.65. The van der Waals surface area contributed by atoms with Gasteiger partial charge in [-0.25, -0.2) is 5.01 Å². The molecule has 1 atom stereocenters. The summed E-state index contributed by atoms with van der Waals surface area (Å²) in [6, 6.07) is 20.1. The van der Waals surface area contributed by atoms with Gasteiger partial charge in [-0.2, -0.15) is 5.10 Å². The van der Waals surface area contributed by atoms with Gasteiger partial charge in [0.1, 0.15) is 0 Å². The number of hydrazone groups is 1. The van der Waals surface area contributed by atoms with Crippen molar-refractivity contribution in [2.75, 3.05) is 28.4 Å². The van der Waals surface area contributed by atoms with E-state index in [0.29, 0.717) is 35.0 Å². The molecule has 1 amide bonds. The standard InChI is InChI=1S/C26H26N2O5/c1-30-22-12-10-18(14-24(22)32-3)20-16-21(19-11-13-23(31-2)25(15-19)33-4)28(27-20)26(29)17-8-6-5-7-9-17/h5-15,21H,16H2,1-4H3. The Hall–Kier alpha value is -4.00. The molecule has 0 spiro atoms. The van der Waals surface area contributed by atoms with Gasteiger partial charge in [0.2, 0.25) is 0 Å². The predicted molar refractivity (Wildman–Crippen MR) is 126 cm³/mol. The summed E-state index contributed by atoms with van der Waals surface area (Å²) < 4.78 is 21.7. The fourth-order valence-electron chi connectivity index (χ4n) is 3.92. The Morgan fingerprint density at radius 3 is 2.03 bits per heavy atom. The molecule has 0 N–H and O–H groups in total. The molecule has 1 aliphatic heterocycles. The molecule has 0 fully saturated rings. The molecule has 0 saturated carbocycles. The second-order valence-electron chi connectivity index (χ2n) is 7.47. The third-order valence-corrected chi connectivity index (χ3v) is 5.65. The van der Waals surface area contributed by atoms with Gasteiger partial charge in [0.05, 0.1) is 40.2 Å². The van der Waals surface area contributed by atoms with Crippen molar-refractivity contribution >= 4 is 11.6 Å². The van der Waals surface area contributed by atoms with Gasteiger partial charge in [-0.3, -0.25) is 4.79 Å². The monoisotopic (exact) mass is 446 g/mol. The average molecular weight is 447 g/mol. The van der Waals surface area contributed by atoms with Crippen molar-refractivity contribution in [3.05, 3.63) is 83.4 Å². The largest absolute Gasteiger partial charge is 0.493 e. The second-order valence-corrected chi connectivity index (χ2v) is 7.47. The molecular weight excluding hydrogens is 420 g/mol. The van der Waals surface area contributed by atoms with E-state index in [1.165, 1.54) is 0 Å². The van der Waals surface area contributed by atoms with Gasteiger partial charge in [0, 0.05) is 17.5 Å². The number of carbonyl (C=O) groups is 1. The van der Waals surface area contributed by atoms with Gasteiger partial charge in [-0.1, -0.05) is 24.3 Å². The highest BCUT2D eigenvalue weighted by atomic mass is 16.5. The fraction of sp³-hybridized carbons (Fsp3) is 0.231. The van der Waals surface area contributed by atoms with Crippen LogP contribution in [0.1, 0.15) is 33.9 Å². The Labute approximate surface area is 193 Å². The molecule has 1 aliphatic rings. The third kappa shape index (κ3) is 4.35. The van der Waals surface area contributed by atoms with Gasteiger partial charge < -0.3 is 18.9 Å². The maximum atomic E-state index is 13.4. The van der Waals surface area contributed by atoms with E-state index in [0.717, 1.165) is 16.8 Å². The molecule has 1 heterocycles. The van der Waals surface area contributed by atoms with Crippen LogP contribution in [-0.4, -0.2) is 45.1 Å². The van der Waals surface area contributed by atoms with Crippen LogP contribution in [0.4, 0.5) is 0 Å². The summed E-state index contributed by atoms with van der Waals surface area (Å²) in [5.41, 5.74) is 3.11. The zero-order valence-electron chi connectivity index (χ0n) is 19.1. The molecule has 4 rings (SSSR count). The first-order valence-corrected chi connectivity index (χ1v) is 10.5. The van der Waals surface area contributed by atoms with Crippen LogP contribution in [0.5, 0.6) is 23.0 Å². The van der Waals surface area contributed by atoms with Crippen LogP contribution >= 0.6 is 0 Å². The molecule has 0 aromatic heterocycles. The first-order valence-electron chi connectivity index (χ1n) is 10.5. The lowest BCUT2D eigenvalue weighted by Gasteiger charge is -2.23. The number of hydrogen-bond acceptors (Lipinski definition) is 6. The number of hydrogen-bond donors (Lipinski definition) is 0. The number of nitrogens with zero attached hydrogens (tertiary/aromatic N) is 2. The van der Waals surface area contributed by atoms with Crippen LogP contribution in [0, 0.1) is 0 Å². The highest BCUT2D eigenvalue weighted by Gasteiger charge is 2.34. The molecule has 33 heavy (non-hydrogen) atoms. The van der Waals surface area contributed by atoms with Crippen molar-refractivity contribution in [1.29, 1.82) is 0 Å². The van der Waals surface area contributed by atoms with E-state index in [2.05, 4.69) is 0 Å². The Balaban J connectivity index is 1.76. The lowest BCUT2D eigenvalue weighted by molar-refractivity contribution is 0.0711. The first-order chi connectivity index (χ1) is 16.1. The Morgan fingerprint density at radius 1 is 0.788 bits per heavy atom. The number of methoxy groups -OCH3 is 4. The maximum Gasteiger partial charge on any atom is 0.274 e. The number of carbonyl (C=O) groups excluding carboxylic acids is 1. The Bertz CT molecular complexity index is 1180. The molecule has 3 aromatic carbocycles. The topological polar surface area (TPSA) is 69.6 Å². The molecule has 0 radical (unpaired) electrons. The number of amides is 1. The van der Waals surface area contributed by atoms with Gasteiger partial charge >= 0.3 is 0 Å². The summed E-state index contributed by atoms with van der Waals surface area (Å²) in [5.74, 6) is 2.29. The van der Waals surface area contributed by atoms with E-state index < -0.39 is 0 Å². The number of benzene rings is 3. The SMILES string of the molecule is COc1ccc(C2=NN(C(=O)c3ccccc3)C(c3ccc(OC)c(OC)c3)C2)cc1OC. The van der Waals surface area contributed by atoms with E-state index in [9.17, 15) is 4.79 Å². The number of ether oxygens (including phenoxy) is 4. The lowest BCUT2D eigenvalue weighted by Crippen LogP contribution is -2.27. The van der Waals surface area contributed by atoms with Gasteiger partial charge in [-0.05, 0) is 48.0 Å². The van der Waals surface area contributed by atoms with Crippen molar-refractivity contribution in [3.8, 4) is 23.0 Å². The van der Waals surface area contributed by atoms with Gasteiger partial charge in [-0.15, -0.1) is 0 Å². The van der Waals surface area contributed by atoms with Crippen molar-refractivity contribution in [2.24, 2.45) is 5.10 Å². The molecule has 3 aromatic rings. The molecular formula is C26H26N2O5. The summed E-state index contributed by atoms with van der Waals surface area (Å²) in [7, 11) is 6.37. The molecule has 170 valence electrons. The minimum atomic E-state index is -0.305. The minimum Gasteiger partial charge on any atom is -0.493 e. The van der Waals surface area contributed by atoms with Crippen molar-refractivity contribution in [2.45, 2.75) is 12.5 Å². The van der Waals surface area contributed by atoms with Gasteiger partial charge in [0.25, 0.3) is 5.91 Å². The third-order valence-electron chi connectivity index (χ3n) is 5.65. The zero-order valence-corrected chi connectivity index (χ0v) is 19.1. The average Bonchev–Trinajstić information content (AvgIpc) is 3.33. The molecule has 0 aliphatic carbocycles. The van der Waals surface area contributed by atoms with Crippen LogP contribution in [0.3, 0.4) is 0 Å². The minimum absolute atomic E-state index is 0.175. The molecule has 0 saturated heterocycles. The first kappa shape index (κ1) is 22.2. The number of rotatable bonds is 7. The van der Waals surface area contributed by atoms with Crippen LogP contribution in [0.25, 0.3) is 0 Å². The van der Waals surface area contributed by atoms with E-state index >= 15 is 0 Å². The molecule has 1 unspecified atom stereocenters.